The molecule has 0 aliphatic carbocycles. The molecule has 1 heterocycles. The summed E-state index contributed by atoms with van der Waals surface area (Å²) in [5.74, 6) is 1.20. The van der Waals surface area contributed by atoms with E-state index in [0.29, 0.717) is 17.2 Å². The van der Waals surface area contributed by atoms with Crippen LogP contribution in [-0.4, -0.2) is 36.6 Å². The van der Waals surface area contributed by atoms with Crippen molar-refractivity contribution in [1.82, 2.24) is 10.2 Å². The summed E-state index contributed by atoms with van der Waals surface area (Å²) >= 11 is 1.56. The van der Waals surface area contributed by atoms with Crippen LogP contribution in [0.25, 0.3) is 11.5 Å². The van der Waals surface area contributed by atoms with Crippen LogP contribution in [0.15, 0.2) is 51.8 Å². The molecule has 2 aromatic carbocycles. The van der Waals surface area contributed by atoms with E-state index in [0.717, 1.165) is 16.2 Å². The lowest BCUT2D eigenvalue weighted by Crippen LogP contribution is -2.11. The van der Waals surface area contributed by atoms with Crippen LogP contribution in [0.4, 0.5) is 0 Å². The first kappa shape index (κ1) is 19.8. The summed E-state index contributed by atoms with van der Waals surface area (Å²) in [7, 11) is 3.11. The molecule has 0 bridgehead atoms. The van der Waals surface area contributed by atoms with Crippen molar-refractivity contribution in [2.45, 2.75) is 17.9 Å². The molecule has 0 fully saturated rings. The van der Waals surface area contributed by atoms with Gasteiger partial charge in [-0.3, -0.25) is 0 Å². The number of carbonyl (C=O) groups excluding carboxylic acids is 1. The molecule has 0 unspecified atom stereocenters. The zero-order chi connectivity index (χ0) is 20.1. The van der Waals surface area contributed by atoms with Crippen LogP contribution in [0, 0.1) is 0 Å². The number of carbonyl (C=O) groups is 1. The third kappa shape index (κ3) is 4.28. The van der Waals surface area contributed by atoms with Gasteiger partial charge in [0.05, 0.1) is 14.2 Å². The fraction of sp³-hybridized carbons (Fsp3) is 0.250. The highest BCUT2D eigenvalue weighted by Gasteiger charge is 2.22. The smallest absolute Gasteiger partial charge is 0.342 e. The average Bonchev–Trinajstić information content (AvgIpc) is 3.23. The lowest BCUT2D eigenvalue weighted by Gasteiger charge is -2.12. The Balaban J connectivity index is 1.73. The van der Waals surface area contributed by atoms with Crippen molar-refractivity contribution in [1.29, 1.82) is 0 Å². The van der Waals surface area contributed by atoms with Gasteiger partial charge in [-0.05, 0) is 55.6 Å². The maximum atomic E-state index is 12.5. The molecule has 28 heavy (non-hydrogen) atoms. The van der Waals surface area contributed by atoms with Gasteiger partial charge in [0.2, 0.25) is 5.89 Å². The number of hydrogen-bond acceptors (Lipinski definition) is 8. The minimum absolute atomic E-state index is 0.207. The number of ether oxygens (including phenoxy) is 3. The number of hydrogen-bond donors (Lipinski definition) is 0. The number of rotatable bonds is 7. The quantitative estimate of drug-likeness (QED) is 0.426. The monoisotopic (exact) mass is 400 g/mol. The van der Waals surface area contributed by atoms with Gasteiger partial charge in [-0.15, -0.1) is 22.0 Å². The van der Waals surface area contributed by atoms with E-state index in [1.807, 2.05) is 24.5 Å². The van der Waals surface area contributed by atoms with Crippen molar-refractivity contribution in [3.63, 3.8) is 0 Å². The minimum atomic E-state index is -0.711. The van der Waals surface area contributed by atoms with Gasteiger partial charge in [0.25, 0.3) is 5.89 Å². The van der Waals surface area contributed by atoms with Gasteiger partial charge in [-0.25, -0.2) is 4.79 Å². The molecule has 0 saturated heterocycles. The molecule has 1 atom stereocenters. The highest BCUT2D eigenvalue weighted by molar-refractivity contribution is 7.98. The first-order valence-corrected chi connectivity index (χ1v) is 9.69. The molecule has 146 valence electrons. The summed E-state index contributed by atoms with van der Waals surface area (Å²) < 4.78 is 21.6. The predicted octanol–water partition coefficient (Wildman–Crippen LogP) is 4.39. The second-order valence-corrected chi connectivity index (χ2v) is 6.67. The first-order chi connectivity index (χ1) is 13.5. The largest absolute Gasteiger partial charge is 0.497 e. The van der Waals surface area contributed by atoms with Crippen molar-refractivity contribution in [2.75, 3.05) is 20.5 Å². The van der Waals surface area contributed by atoms with E-state index in [1.165, 1.54) is 7.11 Å². The number of aromatic nitrogens is 2. The van der Waals surface area contributed by atoms with E-state index < -0.39 is 12.1 Å². The van der Waals surface area contributed by atoms with E-state index in [9.17, 15) is 4.79 Å². The Labute approximate surface area is 167 Å². The number of esters is 1. The molecule has 0 N–H and O–H groups in total. The Hall–Kier alpha value is -3.00. The number of benzene rings is 2. The summed E-state index contributed by atoms with van der Waals surface area (Å²) in [6.45, 7) is 1.67. The Morgan fingerprint density at radius 3 is 2.46 bits per heavy atom. The average molecular weight is 400 g/mol. The number of methoxy groups -OCH3 is 2. The zero-order valence-electron chi connectivity index (χ0n) is 16.0. The van der Waals surface area contributed by atoms with Gasteiger partial charge in [0.1, 0.15) is 17.1 Å². The molecule has 0 radical (unpaired) electrons. The highest BCUT2D eigenvalue weighted by atomic mass is 32.2. The molecular formula is C20H20N2O5S. The van der Waals surface area contributed by atoms with Gasteiger partial charge in [-0.2, -0.15) is 0 Å². The predicted molar refractivity (Wildman–Crippen MR) is 105 cm³/mol. The topological polar surface area (TPSA) is 83.7 Å². The van der Waals surface area contributed by atoms with Crippen LogP contribution in [0.5, 0.6) is 11.5 Å². The van der Waals surface area contributed by atoms with Gasteiger partial charge < -0.3 is 18.6 Å². The van der Waals surface area contributed by atoms with Crippen LogP contribution in [-0.2, 0) is 4.74 Å². The maximum Gasteiger partial charge on any atom is 0.342 e. The van der Waals surface area contributed by atoms with E-state index in [-0.39, 0.29) is 5.89 Å². The lowest BCUT2D eigenvalue weighted by molar-refractivity contribution is 0.0276. The minimum Gasteiger partial charge on any atom is -0.497 e. The van der Waals surface area contributed by atoms with Gasteiger partial charge in [0, 0.05) is 10.5 Å². The molecule has 1 aromatic heterocycles. The van der Waals surface area contributed by atoms with Crippen LogP contribution < -0.4 is 9.47 Å². The van der Waals surface area contributed by atoms with Crippen LogP contribution >= 0.6 is 11.8 Å². The van der Waals surface area contributed by atoms with Gasteiger partial charge >= 0.3 is 5.97 Å². The van der Waals surface area contributed by atoms with E-state index in [1.54, 1.807) is 50.1 Å². The molecule has 3 rings (SSSR count). The molecule has 0 spiro atoms. The third-order valence-corrected chi connectivity index (χ3v) is 4.76. The summed E-state index contributed by atoms with van der Waals surface area (Å²) in [5.41, 5.74) is 1.08. The normalized spacial score (nSPS) is 11.7. The standard InChI is InChI=1S/C20H20N2O5S/c1-12(26-20(23)16-10-9-15(28-4)11-17(16)25-3)18-21-22-19(27-18)13-5-7-14(24-2)8-6-13/h5-12H,1-4H3/t12-/m0/s1. The lowest BCUT2D eigenvalue weighted by atomic mass is 10.2. The van der Waals surface area contributed by atoms with Crippen LogP contribution in [0.1, 0.15) is 29.3 Å². The highest BCUT2D eigenvalue weighted by Crippen LogP contribution is 2.28. The molecule has 0 aliphatic rings. The van der Waals surface area contributed by atoms with Crippen LogP contribution in [0.3, 0.4) is 0 Å². The molecule has 0 aliphatic heterocycles. The summed E-state index contributed by atoms with van der Waals surface area (Å²) in [5, 5.41) is 8.02. The Kier molecular flexibility index (Phi) is 6.20. The summed E-state index contributed by atoms with van der Waals surface area (Å²) in [4.78, 5) is 13.5. The second kappa shape index (κ2) is 8.79. The first-order valence-electron chi connectivity index (χ1n) is 8.46. The van der Waals surface area contributed by atoms with Crippen molar-refractivity contribution >= 4 is 17.7 Å². The maximum absolute atomic E-state index is 12.5. The van der Waals surface area contributed by atoms with Gasteiger partial charge in [0.15, 0.2) is 6.10 Å². The Morgan fingerprint density at radius 1 is 1.07 bits per heavy atom. The molecule has 0 saturated carbocycles. The van der Waals surface area contributed by atoms with E-state index in [4.69, 9.17) is 18.6 Å². The molecule has 8 heteroatoms. The SMILES string of the molecule is COc1ccc(-c2nnc([C@H](C)OC(=O)c3ccc(SC)cc3OC)o2)cc1. The van der Waals surface area contributed by atoms with E-state index >= 15 is 0 Å². The fourth-order valence-electron chi connectivity index (χ4n) is 2.49. The van der Waals surface area contributed by atoms with Crippen molar-refractivity contribution < 1.29 is 23.4 Å². The van der Waals surface area contributed by atoms with E-state index in [2.05, 4.69) is 10.2 Å². The van der Waals surface area contributed by atoms with Crippen molar-refractivity contribution in [3.8, 4) is 23.0 Å². The summed E-state index contributed by atoms with van der Waals surface area (Å²) in [6.07, 6.45) is 1.24. The van der Waals surface area contributed by atoms with Gasteiger partial charge in [-0.1, -0.05) is 0 Å². The Morgan fingerprint density at radius 2 is 1.82 bits per heavy atom. The second-order valence-electron chi connectivity index (χ2n) is 5.79. The molecule has 0 amide bonds. The number of nitrogens with zero attached hydrogens (tertiary/aromatic N) is 2. The zero-order valence-corrected chi connectivity index (χ0v) is 16.8. The van der Waals surface area contributed by atoms with Crippen molar-refractivity contribution in [3.05, 3.63) is 53.9 Å². The third-order valence-electron chi connectivity index (χ3n) is 4.04. The Bertz CT molecular complexity index is 955. The molecule has 7 nitrogen and oxygen atoms in total. The van der Waals surface area contributed by atoms with Crippen molar-refractivity contribution in [2.24, 2.45) is 0 Å². The van der Waals surface area contributed by atoms with Crippen LogP contribution in [0.2, 0.25) is 0 Å². The molecule has 3 aromatic rings. The summed E-state index contributed by atoms with van der Waals surface area (Å²) in [6, 6.07) is 12.5. The fourth-order valence-corrected chi connectivity index (χ4v) is 2.92. The number of thioether (sulfide) groups is 1. The molecular weight excluding hydrogens is 380 g/mol.